The maximum Gasteiger partial charge on any atom is 0.410 e. The minimum absolute atomic E-state index is 0.0266. The quantitative estimate of drug-likeness (QED) is 0.849. The number of ether oxygens (including phenoxy) is 1. The van der Waals surface area contributed by atoms with Crippen LogP contribution in [-0.2, 0) is 9.53 Å². The molecule has 0 aromatic rings. The largest absolute Gasteiger partial charge is 0.444 e. The van der Waals surface area contributed by atoms with E-state index in [1.54, 1.807) is 4.90 Å². The van der Waals surface area contributed by atoms with E-state index in [9.17, 15) is 9.59 Å². The van der Waals surface area contributed by atoms with Gasteiger partial charge in [0.25, 0.3) is 0 Å². The van der Waals surface area contributed by atoms with Gasteiger partial charge in [-0.3, -0.25) is 4.79 Å². The maximum atomic E-state index is 12.3. The number of carbonyl (C=O) groups is 2. The molecule has 2 aliphatic carbocycles. The number of amides is 2. The van der Waals surface area contributed by atoms with Gasteiger partial charge in [-0.15, -0.1) is 0 Å². The zero-order chi connectivity index (χ0) is 15.4. The van der Waals surface area contributed by atoms with Crippen molar-refractivity contribution in [3.63, 3.8) is 0 Å². The van der Waals surface area contributed by atoms with Crippen LogP contribution >= 0.6 is 0 Å². The van der Waals surface area contributed by atoms with Gasteiger partial charge in [-0.25, -0.2) is 4.79 Å². The average Bonchev–Trinajstić information content (AvgIpc) is 2.80. The summed E-state index contributed by atoms with van der Waals surface area (Å²) >= 11 is 0. The zero-order valence-electron chi connectivity index (χ0n) is 13.4. The van der Waals surface area contributed by atoms with Crippen molar-refractivity contribution in [1.29, 1.82) is 0 Å². The van der Waals surface area contributed by atoms with Crippen molar-refractivity contribution >= 4 is 12.0 Å². The minimum Gasteiger partial charge on any atom is -0.444 e. The van der Waals surface area contributed by atoms with Crippen LogP contribution in [0.3, 0.4) is 0 Å². The normalized spacial score (nSPS) is 33.0. The predicted octanol–water partition coefficient (Wildman–Crippen LogP) is 2.16. The average molecular weight is 294 g/mol. The summed E-state index contributed by atoms with van der Waals surface area (Å²) in [5, 5.41) is 3.19. The molecule has 118 valence electrons. The van der Waals surface area contributed by atoms with Gasteiger partial charge in [-0.05, 0) is 58.8 Å². The molecule has 1 N–H and O–H groups in total. The van der Waals surface area contributed by atoms with Crippen LogP contribution in [0.25, 0.3) is 0 Å². The third-order valence-corrected chi connectivity index (χ3v) is 5.03. The molecule has 21 heavy (non-hydrogen) atoms. The maximum absolute atomic E-state index is 12.3. The molecule has 0 spiro atoms. The Hall–Kier alpha value is -1.26. The van der Waals surface area contributed by atoms with Crippen LogP contribution in [0.4, 0.5) is 4.79 Å². The molecule has 1 aliphatic heterocycles. The van der Waals surface area contributed by atoms with Crippen LogP contribution in [0.15, 0.2) is 0 Å². The molecule has 0 radical (unpaired) electrons. The van der Waals surface area contributed by atoms with Crippen LogP contribution in [0.2, 0.25) is 0 Å². The number of piperidine rings is 1. The van der Waals surface area contributed by atoms with Gasteiger partial charge in [-0.2, -0.15) is 0 Å². The Balaban J connectivity index is 1.47. The first-order valence-corrected chi connectivity index (χ1v) is 7.98. The number of nitrogens with one attached hydrogen (secondary N) is 1. The lowest BCUT2D eigenvalue weighted by molar-refractivity contribution is -0.126. The molecule has 3 rings (SSSR count). The second-order valence-corrected chi connectivity index (χ2v) is 8.14. The van der Waals surface area contributed by atoms with E-state index < -0.39 is 5.60 Å². The lowest BCUT2D eigenvalue weighted by Crippen LogP contribution is -2.52. The zero-order valence-corrected chi connectivity index (χ0v) is 13.4. The highest BCUT2D eigenvalue weighted by atomic mass is 16.6. The van der Waals surface area contributed by atoms with Gasteiger partial charge < -0.3 is 15.0 Å². The van der Waals surface area contributed by atoms with Crippen LogP contribution in [0.5, 0.6) is 0 Å². The number of fused-ring (bicyclic) bond motifs is 1. The van der Waals surface area contributed by atoms with E-state index >= 15 is 0 Å². The summed E-state index contributed by atoms with van der Waals surface area (Å²) in [7, 11) is 0. The van der Waals surface area contributed by atoms with Crippen molar-refractivity contribution in [3.05, 3.63) is 0 Å². The number of rotatable bonds is 2. The molecule has 3 aliphatic rings. The van der Waals surface area contributed by atoms with E-state index in [1.165, 1.54) is 6.42 Å². The topological polar surface area (TPSA) is 58.6 Å². The third kappa shape index (κ3) is 2.87. The first-order chi connectivity index (χ1) is 9.69. The van der Waals surface area contributed by atoms with Gasteiger partial charge >= 0.3 is 6.09 Å². The third-order valence-electron chi connectivity index (χ3n) is 5.03. The van der Waals surface area contributed by atoms with Crippen molar-refractivity contribution < 1.29 is 14.3 Å². The number of hydrogen-bond acceptors (Lipinski definition) is 3. The first kappa shape index (κ1) is 14.7. The van der Waals surface area contributed by atoms with Crippen LogP contribution < -0.4 is 5.32 Å². The highest BCUT2D eigenvalue weighted by molar-refractivity contribution is 5.84. The number of likely N-dealkylation sites (tertiary alicyclic amines) is 1. The molecule has 5 nitrogen and oxygen atoms in total. The van der Waals surface area contributed by atoms with Crippen molar-refractivity contribution in [2.45, 2.75) is 58.1 Å². The molecule has 0 aromatic heterocycles. The summed E-state index contributed by atoms with van der Waals surface area (Å²) in [5.74, 6) is 0.972. The van der Waals surface area contributed by atoms with Crippen molar-refractivity contribution in [3.8, 4) is 0 Å². The molecule has 2 amide bonds. The van der Waals surface area contributed by atoms with E-state index in [4.69, 9.17) is 4.74 Å². The van der Waals surface area contributed by atoms with Crippen molar-refractivity contribution in [2.75, 3.05) is 13.1 Å². The summed E-state index contributed by atoms with van der Waals surface area (Å²) in [4.78, 5) is 26.0. The standard InChI is InChI=1S/C16H26N2O3/c1-15(2,3)21-14(20)18-8-10-11(9-18)12(10)13(19)17-16(4)6-5-7-16/h10-12H,5-9H2,1-4H3,(H,17,19). The van der Waals surface area contributed by atoms with Crippen LogP contribution in [0.1, 0.15) is 47.0 Å². The summed E-state index contributed by atoms with van der Waals surface area (Å²) in [6.07, 6.45) is 3.14. The smallest absolute Gasteiger partial charge is 0.410 e. The van der Waals surface area contributed by atoms with E-state index in [-0.39, 0.29) is 23.5 Å². The predicted molar refractivity (Wildman–Crippen MR) is 78.7 cm³/mol. The molecule has 0 aromatic carbocycles. The number of carbonyl (C=O) groups excluding carboxylic acids is 2. The molecule has 3 fully saturated rings. The Morgan fingerprint density at radius 1 is 1.19 bits per heavy atom. The van der Waals surface area contributed by atoms with E-state index in [2.05, 4.69) is 12.2 Å². The molecule has 1 heterocycles. The molecule has 2 atom stereocenters. The fourth-order valence-corrected chi connectivity index (χ4v) is 3.60. The second-order valence-electron chi connectivity index (χ2n) is 8.14. The van der Waals surface area contributed by atoms with Gasteiger partial charge in [0.15, 0.2) is 0 Å². The molecule has 0 bridgehead atoms. The Labute approximate surface area is 126 Å². The van der Waals surface area contributed by atoms with E-state index in [0.717, 1.165) is 12.8 Å². The molecule has 2 unspecified atom stereocenters. The van der Waals surface area contributed by atoms with Crippen molar-refractivity contribution in [2.24, 2.45) is 17.8 Å². The fraction of sp³-hybridized carbons (Fsp3) is 0.875. The molecule has 5 heteroatoms. The minimum atomic E-state index is -0.459. The summed E-state index contributed by atoms with van der Waals surface area (Å²) in [6.45, 7) is 9.06. The molecule has 1 saturated heterocycles. The van der Waals surface area contributed by atoms with Crippen LogP contribution in [0, 0.1) is 17.8 Å². The number of nitrogens with zero attached hydrogens (tertiary/aromatic N) is 1. The lowest BCUT2D eigenvalue weighted by Gasteiger charge is -2.39. The fourth-order valence-electron chi connectivity index (χ4n) is 3.60. The second kappa shape index (κ2) is 4.62. The van der Waals surface area contributed by atoms with Crippen molar-refractivity contribution in [1.82, 2.24) is 10.2 Å². The van der Waals surface area contributed by atoms with Gasteiger partial charge in [0.1, 0.15) is 5.60 Å². The van der Waals surface area contributed by atoms with Gasteiger partial charge in [0.05, 0.1) is 0 Å². The summed E-state index contributed by atoms with van der Waals surface area (Å²) < 4.78 is 5.38. The Morgan fingerprint density at radius 3 is 2.19 bits per heavy atom. The van der Waals surface area contributed by atoms with E-state index in [0.29, 0.717) is 24.9 Å². The molecular weight excluding hydrogens is 268 g/mol. The Morgan fingerprint density at radius 2 is 1.76 bits per heavy atom. The van der Waals surface area contributed by atoms with Crippen LogP contribution in [-0.4, -0.2) is 41.1 Å². The first-order valence-electron chi connectivity index (χ1n) is 7.98. The summed E-state index contributed by atoms with van der Waals surface area (Å²) in [5.41, 5.74) is -0.432. The highest BCUT2D eigenvalue weighted by Gasteiger charge is 2.61. The van der Waals surface area contributed by atoms with E-state index in [1.807, 2.05) is 20.8 Å². The van der Waals surface area contributed by atoms with Gasteiger partial charge in [0.2, 0.25) is 5.91 Å². The Bertz CT molecular complexity index is 453. The SMILES string of the molecule is CC1(NC(=O)C2C3CN(C(=O)OC(C)(C)C)CC32)CCC1. The Kier molecular flexibility index (Phi) is 3.22. The van der Waals surface area contributed by atoms with Gasteiger partial charge in [-0.1, -0.05) is 0 Å². The highest BCUT2D eigenvalue weighted by Crippen LogP contribution is 2.52. The monoisotopic (exact) mass is 294 g/mol. The lowest BCUT2D eigenvalue weighted by atomic mass is 9.78. The summed E-state index contributed by atoms with van der Waals surface area (Å²) in [6, 6.07) is 0. The molecular formula is C16H26N2O3. The molecule has 2 saturated carbocycles. The number of hydrogen-bond donors (Lipinski definition) is 1. The van der Waals surface area contributed by atoms with Gasteiger partial charge in [0, 0.05) is 24.5 Å².